The van der Waals surface area contributed by atoms with Gasteiger partial charge in [0.2, 0.25) is 0 Å². The van der Waals surface area contributed by atoms with E-state index in [1.807, 2.05) is 0 Å². The summed E-state index contributed by atoms with van der Waals surface area (Å²) in [4.78, 5) is 5.23. The van der Waals surface area contributed by atoms with Gasteiger partial charge in [-0.3, -0.25) is 9.80 Å². The molecular formula is C15H30N2O. The molecule has 1 heterocycles. The maximum absolute atomic E-state index is 6.10. The Hall–Kier alpha value is -0.120. The first-order valence-corrected chi connectivity index (χ1v) is 7.42. The normalized spacial score (nSPS) is 26.8. The van der Waals surface area contributed by atoms with Crippen LogP contribution in [0.1, 0.15) is 54.4 Å². The Morgan fingerprint density at radius 3 is 2.11 bits per heavy atom. The van der Waals surface area contributed by atoms with E-state index >= 15 is 0 Å². The van der Waals surface area contributed by atoms with Crippen molar-refractivity contribution in [2.45, 2.75) is 77.8 Å². The monoisotopic (exact) mass is 254 g/mol. The van der Waals surface area contributed by atoms with Gasteiger partial charge < -0.3 is 4.74 Å². The fourth-order valence-electron chi connectivity index (χ4n) is 3.31. The van der Waals surface area contributed by atoms with Crippen LogP contribution in [0.3, 0.4) is 0 Å². The minimum Gasteiger partial charge on any atom is -0.358 e. The van der Waals surface area contributed by atoms with E-state index in [0.717, 1.165) is 6.54 Å². The molecule has 2 aliphatic rings. The first-order valence-electron chi connectivity index (χ1n) is 7.42. The SMILES string of the molecule is CC(OC(C)(C)C)N1CCN(C(C)C)C2(CC2)C1. The van der Waals surface area contributed by atoms with Crippen LogP contribution in [0.25, 0.3) is 0 Å². The second kappa shape index (κ2) is 4.77. The first kappa shape index (κ1) is 14.3. The van der Waals surface area contributed by atoms with Crippen LogP contribution in [0.5, 0.6) is 0 Å². The molecule has 106 valence electrons. The van der Waals surface area contributed by atoms with Gasteiger partial charge in [0.05, 0.1) is 5.60 Å². The number of piperazine rings is 1. The van der Waals surface area contributed by atoms with Gasteiger partial charge in [-0.1, -0.05) is 0 Å². The molecule has 1 saturated heterocycles. The summed E-state index contributed by atoms with van der Waals surface area (Å²) in [5.74, 6) is 0. The highest BCUT2D eigenvalue weighted by Crippen LogP contribution is 2.45. The van der Waals surface area contributed by atoms with Crippen molar-refractivity contribution >= 4 is 0 Å². The zero-order valence-electron chi connectivity index (χ0n) is 13.0. The van der Waals surface area contributed by atoms with Crippen molar-refractivity contribution in [3.8, 4) is 0 Å². The fraction of sp³-hybridized carbons (Fsp3) is 1.00. The van der Waals surface area contributed by atoms with Crippen molar-refractivity contribution in [2.75, 3.05) is 19.6 Å². The van der Waals surface area contributed by atoms with Crippen molar-refractivity contribution < 1.29 is 4.74 Å². The van der Waals surface area contributed by atoms with Crippen LogP contribution in [0.15, 0.2) is 0 Å². The predicted molar refractivity (Wildman–Crippen MR) is 75.7 cm³/mol. The number of hydrogen-bond donors (Lipinski definition) is 0. The Morgan fingerprint density at radius 2 is 1.67 bits per heavy atom. The van der Waals surface area contributed by atoms with Crippen molar-refractivity contribution in [1.29, 1.82) is 0 Å². The summed E-state index contributed by atoms with van der Waals surface area (Å²) >= 11 is 0. The van der Waals surface area contributed by atoms with Crippen LogP contribution in [-0.2, 0) is 4.74 Å². The molecule has 1 spiro atoms. The molecule has 1 saturated carbocycles. The van der Waals surface area contributed by atoms with Gasteiger partial charge >= 0.3 is 0 Å². The summed E-state index contributed by atoms with van der Waals surface area (Å²) in [6.07, 6.45) is 2.96. The third-order valence-corrected chi connectivity index (χ3v) is 4.22. The Balaban J connectivity index is 1.95. The Morgan fingerprint density at radius 1 is 1.06 bits per heavy atom. The zero-order chi connectivity index (χ0) is 13.6. The van der Waals surface area contributed by atoms with Gasteiger partial charge in [-0.25, -0.2) is 0 Å². The van der Waals surface area contributed by atoms with E-state index in [-0.39, 0.29) is 11.8 Å². The van der Waals surface area contributed by atoms with Crippen LogP contribution in [-0.4, -0.2) is 52.8 Å². The number of rotatable bonds is 3. The summed E-state index contributed by atoms with van der Waals surface area (Å²) in [6.45, 7) is 16.8. The minimum atomic E-state index is -0.0503. The second-order valence-electron chi connectivity index (χ2n) is 7.31. The Bertz CT molecular complexity index is 291. The van der Waals surface area contributed by atoms with E-state index in [4.69, 9.17) is 4.74 Å². The standard InChI is InChI=1S/C15H30N2O/c1-12(2)17-10-9-16(11-15(17)7-8-15)13(3)18-14(4,5)6/h12-13H,7-11H2,1-6H3. The molecule has 0 aromatic heterocycles. The molecule has 3 nitrogen and oxygen atoms in total. The van der Waals surface area contributed by atoms with Gasteiger partial charge in [-0.2, -0.15) is 0 Å². The van der Waals surface area contributed by atoms with Gasteiger partial charge in [0.25, 0.3) is 0 Å². The van der Waals surface area contributed by atoms with E-state index in [1.165, 1.54) is 25.9 Å². The van der Waals surface area contributed by atoms with Gasteiger partial charge in [-0.05, 0) is 54.4 Å². The summed E-state index contributed by atoms with van der Waals surface area (Å²) in [7, 11) is 0. The maximum atomic E-state index is 6.10. The van der Waals surface area contributed by atoms with Crippen LogP contribution in [0, 0.1) is 0 Å². The van der Waals surface area contributed by atoms with Crippen LogP contribution < -0.4 is 0 Å². The maximum Gasteiger partial charge on any atom is 0.108 e. The molecule has 2 rings (SSSR count). The van der Waals surface area contributed by atoms with E-state index in [1.54, 1.807) is 0 Å². The number of ether oxygens (including phenoxy) is 1. The summed E-state index contributed by atoms with van der Waals surface area (Å²) in [5.41, 5.74) is 0.424. The van der Waals surface area contributed by atoms with Gasteiger partial charge in [0, 0.05) is 31.2 Å². The lowest BCUT2D eigenvalue weighted by Crippen LogP contribution is -2.59. The molecule has 1 aliphatic heterocycles. The Kier molecular flexibility index (Phi) is 3.79. The molecule has 0 amide bonds. The van der Waals surface area contributed by atoms with Crippen LogP contribution >= 0.6 is 0 Å². The molecule has 18 heavy (non-hydrogen) atoms. The van der Waals surface area contributed by atoms with Crippen molar-refractivity contribution in [2.24, 2.45) is 0 Å². The van der Waals surface area contributed by atoms with Crippen LogP contribution in [0.4, 0.5) is 0 Å². The third kappa shape index (κ3) is 3.06. The highest BCUT2D eigenvalue weighted by atomic mass is 16.5. The van der Waals surface area contributed by atoms with Crippen LogP contribution in [0.2, 0.25) is 0 Å². The Labute approximate surface area is 112 Å². The van der Waals surface area contributed by atoms with Gasteiger partial charge in [0.1, 0.15) is 6.23 Å². The minimum absolute atomic E-state index is 0.0503. The molecular weight excluding hydrogens is 224 g/mol. The van der Waals surface area contributed by atoms with Crippen molar-refractivity contribution in [3.05, 3.63) is 0 Å². The first-order chi connectivity index (χ1) is 8.23. The molecule has 0 N–H and O–H groups in total. The van der Waals surface area contributed by atoms with Crippen molar-refractivity contribution in [3.63, 3.8) is 0 Å². The van der Waals surface area contributed by atoms with Gasteiger partial charge in [-0.15, -0.1) is 0 Å². The highest BCUT2D eigenvalue weighted by molar-refractivity contribution is 5.09. The molecule has 0 aromatic carbocycles. The summed E-state index contributed by atoms with van der Waals surface area (Å²) in [5, 5.41) is 0. The average molecular weight is 254 g/mol. The summed E-state index contributed by atoms with van der Waals surface area (Å²) in [6, 6.07) is 0.675. The van der Waals surface area contributed by atoms with Gasteiger partial charge in [0.15, 0.2) is 0 Å². The second-order valence-corrected chi connectivity index (χ2v) is 7.31. The molecule has 1 aliphatic carbocycles. The molecule has 1 unspecified atom stereocenters. The lowest BCUT2D eigenvalue weighted by atomic mass is 10.1. The molecule has 0 radical (unpaired) electrons. The topological polar surface area (TPSA) is 15.7 Å². The number of hydrogen-bond acceptors (Lipinski definition) is 3. The van der Waals surface area contributed by atoms with E-state index in [0.29, 0.717) is 11.6 Å². The smallest absolute Gasteiger partial charge is 0.108 e. The summed E-state index contributed by atoms with van der Waals surface area (Å²) < 4.78 is 6.10. The molecule has 3 heteroatoms. The number of nitrogens with zero attached hydrogens (tertiary/aromatic N) is 2. The van der Waals surface area contributed by atoms with E-state index in [9.17, 15) is 0 Å². The molecule has 0 bridgehead atoms. The quantitative estimate of drug-likeness (QED) is 0.770. The van der Waals surface area contributed by atoms with Crippen molar-refractivity contribution in [1.82, 2.24) is 9.80 Å². The predicted octanol–water partition coefficient (Wildman–Crippen LogP) is 2.71. The largest absolute Gasteiger partial charge is 0.358 e. The fourth-order valence-corrected chi connectivity index (χ4v) is 3.31. The highest BCUT2D eigenvalue weighted by Gasteiger charge is 2.52. The lowest BCUT2D eigenvalue weighted by Gasteiger charge is -2.47. The zero-order valence-corrected chi connectivity index (χ0v) is 13.0. The average Bonchev–Trinajstić information content (AvgIpc) is 2.95. The van der Waals surface area contributed by atoms with E-state index in [2.05, 4.69) is 51.3 Å². The molecule has 1 atom stereocenters. The lowest BCUT2D eigenvalue weighted by molar-refractivity contribution is -0.143. The molecule has 2 fully saturated rings. The third-order valence-electron chi connectivity index (χ3n) is 4.22. The molecule has 0 aromatic rings. The van der Waals surface area contributed by atoms with E-state index < -0.39 is 0 Å².